The van der Waals surface area contributed by atoms with E-state index in [1.807, 2.05) is 47.4 Å². The second kappa shape index (κ2) is 12.2. The van der Waals surface area contributed by atoms with Gasteiger partial charge < -0.3 is 20.4 Å². The Balaban J connectivity index is 1.29. The first-order valence-electron chi connectivity index (χ1n) is 14.0. The molecule has 6 nitrogen and oxygen atoms in total. The van der Waals surface area contributed by atoms with Gasteiger partial charge in [-0.1, -0.05) is 49.4 Å². The van der Waals surface area contributed by atoms with Crippen molar-refractivity contribution in [3.8, 4) is 0 Å². The molecule has 198 valence electrons. The van der Waals surface area contributed by atoms with Gasteiger partial charge in [-0.05, 0) is 85.9 Å². The summed E-state index contributed by atoms with van der Waals surface area (Å²) in [4.78, 5) is 30.6. The maximum Gasteiger partial charge on any atom is 0.323 e. The summed E-state index contributed by atoms with van der Waals surface area (Å²) in [7, 11) is 0. The zero-order valence-electron chi connectivity index (χ0n) is 22.3. The summed E-state index contributed by atoms with van der Waals surface area (Å²) in [6, 6.07) is 24.0. The van der Waals surface area contributed by atoms with Crippen LogP contribution < -0.4 is 15.5 Å². The summed E-state index contributed by atoms with van der Waals surface area (Å²) in [5.41, 5.74) is 5.63. The number of likely N-dealkylation sites (tertiary alicyclic amines) is 1. The Kier molecular flexibility index (Phi) is 8.27. The lowest BCUT2D eigenvalue weighted by Gasteiger charge is -2.35. The molecule has 5 rings (SSSR count). The average Bonchev–Trinajstić information content (AvgIpc) is 3.49. The molecule has 3 aromatic rings. The van der Waals surface area contributed by atoms with Crippen LogP contribution in [0.3, 0.4) is 0 Å². The van der Waals surface area contributed by atoms with Crippen molar-refractivity contribution in [3.63, 3.8) is 0 Å². The fourth-order valence-electron chi connectivity index (χ4n) is 5.59. The van der Waals surface area contributed by atoms with Crippen LogP contribution in [0.25, 0.3) is 0 Å². The van der Waals surface area contributed by atoms with Crippen LogP contribution in [0.5, 0.6) is 0 Å². The van der Waals surface area contributed by atoms with Gasteiger partial charge in [-0.25, -0.2) is 4.79 Å². The van der Waals surface area contributed by atoms with E-state index in [0.29, 0.717) is 17.2 Å². The first kappa shape index (κ1) is 25.8. The Morgan fingerprint density at radius 2 is 1.45 bits per heavy atom. The highest BCUT2D eigenvalue weighted by Gasteiger charge is 2.27. The number of nitrogens with zero attached hydrogens (tertiary/aromatic N) is 2. The number of amides is 3. The molecule has 0 aliphatic carbocycles. The van der Waals surface area contributed by atoms with E-state index in [0.717, 1.165) is 76.1 Å². The molecule has 2 aliphatic rings. The molecule has 2 saturated heterocycles. The van der Waals surface area contributed by atoms with E-state index in [9.17, 15) is 9.59 Å². The van der Waals surface area contributed by atoms with Crippen molar-refractivity contribution in [2.45, 2.75) is 45.4 Å². The van der Waals surface area contributed by atoms with Gasteiger partial charge in [0.1, 0.15) is 0 Å². The lowest BCUT2D eigenvalue weighted by Crippen LogP contribution is -2.36. The minimum atomic E-state index is -0.316. The van der Waals surface area contributed by atoms with Crippen LogP contribution in [-0.4, -0.2) is 43.0 Å². The molecular weight excluding hydrogens is 472 g/mol. The fraction of sp³-hybridized carbons (Fsp3) is 0.375. The minimum absolute atomic E-state index is 0.0584. The standard InChI is InChI=1S/C32H38N4O2/c1-2-24-10-12-27(13-11-24)33-32(38)34-28-14-15-30(29(23-28)31(37)36-18-6-7-19-36)35-20-16-26(17-21-35)22-25-8-4-3-5-9-25/h3-5,8-15,23,26H,2,6-7,16-22H2,1H3,(H2,33,34,38). The highest BCUT2D eigenvalue weighted by Crippen LogP contribution is 2.31. The third-order valence-corrected chi connectivity index (χ3v) is 7.82. The number of piperidine rings is 1. The number of carbonyl (C=O) groups excluding carboxylic acids is 2. The van der Waals surface area contributed by atoms with Crippen molar-refractivity contribution in [2.75, 3.05) is 41.7 Å². The van der Waals surface area contributed by atoms with Gasteiger partial charge in [-0.2, -0.15) is 0 Å². The van der Waals surface area contributed by atoms with Crippen molar-refractivity contribution >= 4 is 29.0 Å². The van der Waals surface area contributed by atoms with E-state index in [1.54, 1.807) is 0 Å². The van der Waals surface area contributed by atoms with Crippen molar-refractivity contribution < 1.29 is 9.59 Å². The highest BCUT2D eigenvalue weighted by atomic mass is 16.2. The van der Waals surface area contributed by atoms with Crippen LogP contribution >= 0.6 is 0 Å². The molecule has 0 saturated carbocycles. The molecule has 2 fully saturated rings. The van der Waals surface area contributed by atoms with Crippen LogP contribution in [0.1, 0.15) is 54.1 Å². The Labute approximate surface area is 226 Å². The molecule has 0 atom stereocenters. The molecule has 0 aromatic heterocycles. The Morgan fingerprint density at radius 1 is 0.789 bits per heavy atom. The van der Waals surface area contributed by atoms with E-state index in [-0.39, 0.29) is 11.9 Å². The van der Waals surface area contributed by atoms with E-state index >= 15 is 0 Å². The van der Waals surface area contributed by atoms with E-state index in [1.165, 1.54) is 11.1 Å². The van der Waals surface area contributed by atoms with Gasteiger partial charge in [0.2, 0.25) is 0 Å². The van der Waals surface area contributed by atoms with Gasteiger partial charge >= 0.3 is 6.03 Å². The molecule has 2 N–H and O–H groups in total. The summed E-state index contributed by atoms with van der Waals surface area (Å²) in [5.74, 6) is 0.713. The van der Waals surface area contributed by atoms with Crippen LogP contribution in [0.4, 0.5) is 21.9 Å². The van der Waals surface area contributed by atoms with Gasteiger partial charge in [0, 0.05) is 43.2 Å². The smallest absolute Gasteiger partial charge is 0.323 e. The van der Waals surface area contributed by atoms with Crippen molar-refractivity contribution in [3.05, 3.63) is 89.5 Å². The molecular formula is C32H38N4O2. The van der Waals surface area contributed by atoms with Crippen molar-refractivity contribution in [2.24, 2.45) is 5.92 Å². The number of anilines is 3. The topological polar surface area (TPSA) is 64.7 Å². The van der Waals surface area contributed by atoms with Crippen LogP contribution in [0, 0.1) is 5.92 Å². The maximum atomic E-state index is 13.6. The number of hydrogen-bond donors (Lipinski definition) is 2. The third kappa shape index (κ3) is 6.36. The Bertz CT molecular complexity index is 1230. The molecule has 6 heteroatoms. The van der Waals surface area contributed by atoms with Gasteiger partial charge in [-0.3, -0.25) is 4.79 Å². The summed E-state index contributed by atoms with van der Waals surface area (Å²) < 4.78 is 0. The zero-order valence-corrected chi connectivity index (χ0v) is 22.3. The maximum absolute atomic E-state index is 13.6. The van der Waals surface area contributed by atoms with Crippen molar-refractivity contribution in [1.29, 1.82) is 0 Å². The SMILES string of the molecule is CCc1ccc(NC(=O)Nc2ccc(N3CCC(Cc4ccccc4)CC3)c(C(=O)N3CCCC3)c2)cc1. The molecule has 38 heavy (non-hydrogen) atoms. The van der Waals surface area contributed by atoms with Crippen molar-refractivity contribution in [1.82, 2.24) is 4.90 Å². The van der Waals surface area contributed by atoms with Gasteiger partial charge in [0.25, 0.3) is 5.91 Å². The van der Waals surface area contributed by atoms with Gasteiger partial charge in [0.15, 0.2) is 0 Å². The first-order chi connectivity index (χ1) is 18.6. The Hall–Kier alpha value is -3.80. The molecule has 0 spiro atoms. The van der Waals surface area contributed by atoms with Crippen LogP contribution in [0.2, 0.25) is 0 Å². The highest BCUT2D eigenvalue weighted by molar-refractivity contribution is 6.04. The summed E-state index contributed by atoms with van der Waals surface area (Å²) in [5, 5.41) is 5.82. The monoisotopic (exact) mass is 510 g/mol. The third-order valence-electron chi connectivity index (χ3n) is 7.82. The number of hydrogen-bond acceptors (Lipinski definition) is 3. The average molecular weight is 511 g/mol. The minimum Gasteiger partial charge on any atom is -0.371 e. The predicted molar refractivity (Wildman–Crippen MR) is 155 cm³/mol. The summed E-state index contributed by atoms with van der Waals surface area (Å²) >= 11 is 0. The first-order valence-corrected chi connectivity index (χ1v) is 14.0. The van der Waals surface area contributed by atoms with Crippen LogP contribution in [-0.2, 0) is 12.8 Å². The number of aryl methyl sites for hydroxylation is 1. The quantitative estimate of drug-likeness (QED) is 0.377. The lowest BCUT2D eigenvalue weighted by molar-refractivity contribution is 0.0793. The van der Waals surface area contributed by atoms with E-state index < -0.39 is 0 Å². The lowest BCUT2D eigenvalue weighted by atomic mass is 9.89. The number of carbonyl (C=O) groups is 2. The van der Waals surface area contributed by atoms with E-state index in [4.69, 9.17) is 0 Å². The van der Waals surface area contributed by atoms with Gasteiger partial charge in [0.05, 0.1) is 5.56 Å². The Morgan fingerprint density at radius 3 is 2.13 bits per heavy atom. The zero-order chi connectivity index (χ0) is 26.3. The fourth-order valence-corrected chi connectivity index (χ4v) is 5.59. The molecule has 3 amide bonds. The number of nitrogens with one attached hydrogen (secondary N) is 2. The van der Waals surface area contributed by atoms with E-state index in [2.05, 4.69) is 52.8 Å². The number of benzene rings is 3. The summed E-state index contributed by atoms with van der Waals surface area (Å²) in [6.07, 6.45) is 6.36. The molecule has 0 radical (unpaired) electrons. The molecule has 2 heterocycles. The molecule has 0 bridgehead atoms. The second-order valence-corrected chi connectivity index (χ2v) is 10.5. The predicted octanol–water partition coefficient (Wildman–Crippen LogP) is 6.59. The largest absolute Gasteiger partial charge is 0.371 e. The van der Waals surface area contributed by atoms with Crippen LogP contribution in [0.15, 0.2) is 72.8 Å². The number of rotatable bonds is 7. The summed E-state index contributed by atoms with van der Waals surface area (Å²) in [6.45, 7) is 5.55. The molecule has 2 aliphatic heterocycles. The normalized spacial score (nSPS) is 15.9. The second-order valence-electron chi connectivity index (χ2n) is 10.5. The number of urea groups is 1. The molecule has 0 unspecified atom stereocenters. The van der Waals surface area contributed by atoms with Gasteiger partial charge in [-0.15, -0.1) is 0 Å². The molecule has 3 aromatic carbocycles.